The minimum atomic E-state index is 0.300. The lowest BCUT2D eigenvalue weighted by molar-refractivity contribution is 0.112. The summed E-state index contributed by atoms with van der Waals surface area (Å²) in [5, 5.41) is 0.882. The van der Waals surface area contributed by atoms with Gasteiger partial charge < -0.3 is 4.74 Å². The highest BCUT2D eigenvalue weighted by atomic mass is 16.5. The van der Waals surface area contributed by atoms with Gasteiger partial charge in [-0.15, -0.1) is 0 Å². The molecule has 0 aliphatic rings. The van der Waals surface area contributed by atoms with E-state index in [9.17, 15) is 4.79 Å². The van der Waals surface area contributed by atoms with Crippen molar-refractivity contribution in [2.75, 3.05) is 0 Å². The Labute approximate surface area is 109 Å². The van der Waals surface area contributed by atoms with Crippen LogP contribution in [0, 0.1) is 0 Å². The fraction of sp³-hybridized carbons (Fsp3) is 0. The first-order valence-electron chi connectivity index (χ1n) is 5.80. The molecule has 4 nitrogen and oxygen atoms in total. The van der Waals surface area contributed by atoms with Crippen molar-refractivity contribution >= 4 is 17.2 Å². The molecule has 0 atom stereocenters. The average molecular weight is 250 g/mol. The van der Waals surface area contributed by atoms with Crippen molar-refractivity contribution in [3.63, 3.8) is 0 Å². The number of pyridine rings is 2. The first kappa shape index (κ1) is 11.3. The highest BCUT2D eigenvalue weighted by Crippen LogP contribution is 2.28. The molecule has 0 aliphatic carbocycles. The number of aromatic nitrogens is 2. The van der Waals surface area contributed by atoms with Gasteiger partial charge in [0.1, 0.15) is 5.75 Å². The smallest absolute Gasteiger partial charge is 0.229 e. The van der Waals surface area contributed by atoms with E-state index in [-0.39, 0.29) is 0 Å². The Kier molecular flexibility index (Phi) is 2.90. The summed E-state index contributed by atoms with van der Waals surface area (Å²) in [6, 6.07) is 12.7. The van der Waals surface area contributed by atoms with Crippen LogP contribution in [-0.4, -0.2) is 16.3 Å². The summed E-state index contributed by atoms with van der Waals surface area (Å²) in [6.07, 6.45) is 4.04. The maximum atomic E-state index is 10.9. The van der Waals surface area contributed by atoms with Crippen LogP contribution in [0.15, 0.2) is 54.9 Å². The molecule has 0 unspecified atom stereocenters. The maximum absolute atomic E-state index is 10.9. The number of hydrogen-bond donors (Lipinski definition) is 0. The van der Waals surface area contributed by atoms with Gasteiger partial charge in [-0.05, 0) is 36.4 Å². The number of carbonyl (C=O) groups is 1. The molecule has 0 N–H and O–H groups in total. The summed E-state index contributed by atoms with van der Waals surface area (Å²) in [5.74, 6) is 0.932. The van der Waals surface area contributed by atoms with E-state index < -0.39 is 0 Å². The van der Waals surface area contributed by atoms with Gasteiger partial charge in [0.25, 0.3) is 0 Å². The molecule has 19 heavy (non-hydrogen) atoms. The van der Waals surface area contributed by atoms with E-state index in [1.165, 1.54) is 0 Å². The Balaban J connectivity index is 2.08. The van der Waals surface area contributed by atoms with Crippen molar-refractivity contribution in [3.8, 4) is 11.6 Å². The maximum Gasteiger partial charge on any atom is 0.229 e. The topological polar surface area (TPSA) is 52.1 Å². The zero-order valence-corrected chi connectivity index (χ0v) is 9.98. The van der Waals surface area contributed by atoms with Gasteiger partial charge >= 0.3 is 0 Å². The second-order valence-corrected chi connectivity index (χ2v) is 3.94. The molecule has 2 aromatic heterocycles. The molecular formula is C15H10N2O2. The zero-order valence-electron chi connectivity index (χ0n) is 9.98. The van der Waals surface area contributed by atoms with Crippen LogP contribution in [0.3, 0.4) is 0 Å². The van der Waals surface area contributed by atoms with E-state index in [2.05, 4.69) is 9.97 Å². The van der Waals surface area contributed by atoms with Crippen LogP contribution in [0.1, 0.15) is 10.4 Å². The van der Waals surface area contributed by atoms with E-state index in [0.717, 1.165) is 17.2 Å². The summed E-state index contributed by atoms with van der Waals surface area (Å²) < 4.78 is 5.73. The molecule has 0 fully saturated rings. The number of benzene rings is 1. The quantitative estimate of drug-likeness (QED) is 0.669. The number of carbonyl (C=O) groups excluding carboxylic acids is 1. The summed E-state index contributed by atoms with van der Waals surface area (Å²) in [4.78, 5) is 19.3. The van der Waals surface area contributed by atoms with Gasteiger partial charge in [-0.2, -0.15) is 0 Å². The minimum absolute atomic E-state index is 0.300. The van der Waals surface area contributed by atoms with Gasteiger partial charge in [-0.3, -0.25) is 9.78 Å². The standard InChI is InChI=1S/C15H10N2O2/c18-10-11-4-2-9-17-15(11)19-14-7-1-6-13-12(14)5-3-8-16-13/h1-10H. The lowest BCUT2D eigenvalue weighted by Gasteiger charge is -2.08. The number of nitrogens with zero attached hydrogens (tertiary/aromatic N) is 2. The highest BCUT2D eigenvalue weighted by molar-refractivity contribution is 5.85. The van der Waals surface area contributed by atoms with E-state index in [1.54, 1.807) is 24.5 Å². The minimum Gasteiger partial charge on any atom is -0.438 e. The van der Waals surface area contributed by atoms with Crippen molar-refractivity contribution in [2.24, 2.45) is 0 Å². The highest BCUT2D eigenvalue weighted by Gasteiger charge is 2.08. The van der Waals surface area contributed by atoms with E-state index in [4.69, 9.17) is 4.74 Å². The predicted octanol–water partition coefficient (Wildman–Crippen LogP) is 3.23. The predicted molar refractivity (Wildman–Crippen MR) is 71.4 cm³/mol. The Morgan fingerprint density at radius 3 is 2.68 bits per heavy atom. The molecule has 3 rings (SSSR count). The summed E-state index contributed by atoms with van der Waals surface area (Å²) >= 11 is 0. The van der Waals surface area contributed by atoms with Gasteiger partial charge in [0.15, 0.2) is 6.29 Å². The van der Waals surface area contributed by atoms with Crippen molar-refractivity contribution in [1.29, 1.82) is 0 Å². The van der Waals surface area contributed by atoms with Crippen molar-refractivity contribution < 1.29 is 9.53 Å². The number of ether oxygens (including phenoxy) is 1. The second-order valence-electron chi connectivity index (χ2n) is 3.94. The second kappa shape index (κ2) is 4.86. The van der Waals surface area contributed by atoms with Gasteiger partial charge in [0, 0.05) is 17.8 Å². The molecular weight excluding hydrogens is 240 g/mol. The van der Waals surface area contributed by atoms with Crippen molar-refractivity contribution in [1.82, 2.24) is 9.97 Å². The molecule has 0 saturated carbocycles. The number of aldehydes is 1. The molecule has 0 amide bonds. The van der Waals surface area contributed by atoms with Gasteiger partial charge in [0.05, 0.1) is 11.1 Å². The van der Waals surface area contributed by atoms with Gasteiger partial charge in [-0.1, -0.05) is 6.07 Å². The summed E-state index contributed by atoms with van der Waals surface area (Å²) in [6.45, 7) is 0. The van der Waals surface area contributed by atoms with E-state index >= 15 is 0 Å². The SMILES string of the molecule is O=Cc1cccnc1Oc1cccc2ncccc12. The Bertz CT molecular complexity index is 736. The van der Waals surface area contributed by atoms with Crippen LogP contribution >= 0.6 is 0 Å². The molecule has 92 valence electrons. The third kappa shape index (κ3) is 2.15. The molecule has 0 bridgehead atoms. The molecule has 4 heteroatoms. The molecule has 1 aromatic carbocycles. The van der Waals surface area contributed by atoms with Crippen LogP contribution in [-0.2, 0) is 0 Å². The summed E-state index contributed by atoms with van der Waals surface area (Å²) in [5.41, 5.74) is 1.26. The number of fused-ring (bicyclic) bond motifs is 1. The molecule has 0 spiro atoms. The third-order valence-electron chi connectivity index (χ3n) is 2.74. The van der Waals surface area contributed by atoms with Gasteiger partial charge in [-0.25, -0.2) is 4.98 Å². The average Bonchev–Trinajstić information content (AvgIpc) is 2.48. The molecule has 0 radical (unpaired) electrons. The van der Waals surface area contributed by atoms with E-state index in [0.29, 0.717) is 17.2 Å². The molecule has 0 aliphatic heterocycles. The fourth-order valence-electron chi connectivity index (χ4n) is 1.85. The van der Waals surface area contributed by atoms with Crippen molar-refractivity contribution in [3.05, 3.63) is 60.4 Å². The normalized spacial score (nSPS) is 10.3. The van der Waals surface area contributed by atoms with E-state index in [1.807, 2.05) is 30.3 Å². The Morgan fingerprint density at radius 1 is 0.947 bits per heavy atom. The monoisotopic (exact) mass is 250 g/mol. The molecule has 0 saturated heterocycles. The summed E-state index contributed by atoms with van der Waals surface area (Å²) in [7, 11) is 0. The van der Waals surface area contributed by atoms with Crippen LogP contribution in [0.4, 0.5) is 0 Å². The largest absolute Gasteiger partial charge is 0.438 e. The lowest BCUT2D eigenvalue weighted by Crippen LogP contribution is -1.94. The zero-order chi connectivity index (χ0) is 13.1. The van der Waals surface area contributed by atoms with Crippen molar-refractivity contribution in [2.45, 2.75) is 0 Å². The first-order chi connectivity index (χ1) is 9.38. The lowest BCUT2D eigenvalue weighted by atomic mass is 10.2. The fourth-order valence-corrected chi connectivity index (χ4v) is 1.85. The van der Waals surface area contributed by atoms with Gasteiger partial charge in [0.2, 0.25) is 5.88 Å². The molecule has 2 heterocycles. The number of rotatable bonds is 3. The Morgan fingerprint density at radius 2 is 1.79 bits per heavy atom. The first-order valence-corrected chi connectivity index (χ1v) is 5.80. The van der Waals surface area contributed by atoms with Crippen LogP contribution in [0.5, 0.6) is 11.6 Å². The molecule has 3 aromatic rings. The third-order valence-corrected chi connectivity index (χ3v) is 2.74. The Hall–Kier alpha value is -2.75. The van der Waals surface area contributed by atoms with Crippen LogP contribution < -0.4 is 4.74 Å². The number of hydrogen-bond acceptors (Lipinski definition) is 4. The van der Waals surface area contributed by atoms with Crippen LogP contribution in [0.2, 0.25) is 0 Å². The van der Waals surface area contributed by atoms with Crippen LogP contribution in [0.25, 0.3) is 10.9 Å².